The number of hydrogen-bond donors (Lipinski definition) is 2. The van der Waals surface area contributed by atoms with Gasteiger partial charge in [0, 0.05) is 0 Å². The van der Waals surface area contributed by atoms with Gasteiger partial charge < -0.3 is 10.4 Å². The Morgan fingerprint density at radius 2 is 2.00 bits per heavy atom. The number of carboxylic acids is 1. The predicted molar refractivity (Wildman–Crippen MR) is 70.2 cm³/mol. The molecular formula is C12H12Cl2FNO3. The molecule has 1 rings (SSSR count). The summed E-state index contributed by atoms with van der Waals surface area (Å²) >= 11 is 11.3. The molecule has 0 fully saturated rings. The number of carbonyl (C=O) groups excluding carboxylic acids is 1. The number of rotatable bonds is 5. The van der Waals surface area contributed by atoms with E-state index in [9.17, 15) is 14.0 Å². The summed E-state index contributed by atoms with van der Waals surface area (Å²) in [7, 11) is 0. The van der Waals surface area contributed by atoms with Gasteiger partial charge in [-0.2, -0.15) is 0 Å². The molecule has 0 aromatic heterocycles. The van der Waals surface area contributed by atoms with Gasteiger partial charge in [-0.3, -0.25) is 4.79 Å². The monoisotopic (exact) mass is 307 g/mol. The summed E-state index contributed by atoms with van der Waals surface area (Å²) in [5.41, 5.74) is -0.147. The Labute approximate surface area is 119 Å². The molecule has 2 N–H and O–H groups in total. The molecule has 0 saturated heterocycles. The summed E-state index contributed by atoms with van der Waals surface area (Å²) in [6.07, 6.45) is 0.856. The van der Waals surface area contributed by atoms with Gasteiger partial charge in [0.25, 0.3) is 5.91 Å². The molecule has 0 radical (unpaired) electrons. The number of amides is 1. The lowest BCUT2D eigenvalue weighted by Gasteiger charge is -2.14. The first-order valence-electron chi connectivity index (χ1n) is 5.55. The number of carbonyl (C=O) groups is 2. The molecule has 0 unspecified atom stereocenters. The molecule has 0 aliphatic carbocycles. The summed E-state index contributed by atoms with van der Waals surface area (Å²) in [6, 6.07) is 0.945. The summed E-state index contributed by atoms with van der Waals surface area (Å²) in [5, 5.41) is 11.0. The van der Waals surface area contributed by atoms with Crippen molar-refractivity contribution in [3.05, 3.63) is 33.6 Å². The number of hydrogen-bond acceptors (Lipinski definition) is 2. The molecule has 1 atom stereocenters. The molecule has 0 saturated carbocycles. The van der Waals surface area contributed by atoms with Gasteiger partial charge in [0.15, 0.2) is 0 Å². The average molecular weight is 308 g/mol. The minimum atomic E-state index is -1.15. The fourth-order valence-electron chi connectivity index (χ4n) is 1.48. The maximum atomic E-state index is 13.3. The molecule has 7 heteroatoms. The highest BCUT2D eigenvalue weighted by atomic mass is 35.5. The molecule has 0 spiro atoms. The quantitative estimate of drug-likeness (QED) is 0.821. The lowest BCUT2D eigenvalue weighted by Crippen LogP contribution is -2.40. The molecule has 1 amide bonds. The third kappa shape index (κ3) is 4.08. The van der Waals surface area contributed by atoms with Crippen LogP contribution in [0.5, 0.6) is 0 Å². The maximum Gasteiger partial charge on any atom is 0.326 e. The SMILES string of the molecule is CCC[C@@H](NC(=O)c1cc(F)c(Cl)cc1Cl)C(=O)O. The summed E-state index contributed by atoms with van der Waals surface area (Å²) in [6.45, 7) is 1.79. The maximum absolute atomic E-state index is 13.3. The van der Waals surface area contributed by atoms with Gasteiger partial charge in [0.2, 0.25) is 0 Å². The largest absolute Gasteiger partial charge is 0.480 e. The van der Waals surface area contributed by atoms with Crippen molar-refractivity contribution in [1.29, 1.82) is 0 Å². The highest BCUT2D eigenvalue weighted by Crippen LogP contribution is 2.24. The Morgan fingerprint density at radius 3 is 2.53 bits per heavy atom. The van der Waals surface area contributed by atoms with Crippen molar-refractivity contribution in [2.24, 2.45) is 0 Å². The number of halogens is 3. The van der Waals surface area contributed by atoms with Gasteiger partial charge in [-0.05, 0) is 18.6 Å². The van der Waals surface area contributed by atoms with Crippen LogP contribution < -0.4 is 5.32 Å². The standard InChI is InChI=1S/C12H12Cl2FNO3/c1-2-3-10(12(18)19)16-11(17)6-4-9(15)8(14)5-7(6)13/h4-5,10H,2-3H2,1H3,(H,16,17)(H,18,19)/t10-/m1/s1. The van der Waals surface area contributed by atoms with Gasteiger partial charge in [-0.1, -0.05) is 36.5 Å². The zero-order chi connectivity index (χ0) is 14.6. The van der Waals surface area contributed by atoms with E-state index in [0.717, 1.165) is 12.1 Å². The number of aliphatic carboxylic acids is 1. The molecule has 0 heterocycles. The first-order valence-corrected chi connectivity index (χ1v) is 6.30. The summed E-state index contributed by atoms with van der Waals surface area (Å²) in [5.74, 6) is -2.69. The van der Waals surface area contributed by atoms with Gasteiger partial charge in [0.1, 0.15) is 11.9 Å². The fourth-order valence-corrected chi connectivity index (χ4v) is 1.95. The average Bonchev–Trinajstić information content (AvgIpc) is 2.32. The van der Waals surface area contributed by atoms with Crippen molar-refractivity contribution in [3.8, 4) is 0 Å². The fraction of sp³-hybridized carbons (Fsp3) is 0.333. The Kier molecular flexibility index (Phi) is 5.57. The van der Waals surface area contributed by atoms with Crippen molar-refractivity contribution < 1.29 is 19.1 Å². The highest BCUT2D eigenvalue weighted by Gasteiger charge is 2.21. The topological polar surface area (TPSA) is 66.4 Å². The van der Waals surface area contributed by atoms with Crippen LogP contribution in [0.1, 0.15) is 30.1 Å². The Balaban J connectivity index is 2.94. The second-order valence-electron chi connectivity index (χ2n) is 3.90. The zero-order valence-electron chi connectivity index (χ0n) is 10.0. The van der Waals surface area contributed by atoms with E-state index >= 15 is 0 Å². The molecule has 0 aliphatic rings. The second-order valence-corrected chi connectivity index (χ2v) is 4.71. The first kappa shape index (κ1) is 15.7. The number of nitrogens with one attached hydrogen (secondary N) is 1. The predicted octanol–water partition coefficient (Wildman–Crippen LogP) is 3.12. The lowest BCUT2D eigenvalue weighted by atomic mass is 10.1. The van der Waals surface area contributed by atoms with Crippen molar-refractivity contribution in [2.75, 3.05) is 0 Å². The third-order valence-corrected chi connectivity index (χ3v) is 3.04. The molecule has 19 heavy (non-hydrogen) atoms. The molecule has 0 bridgehead atoms. The summed E-state index contributed by atoms with van der Waals surface area (Å²) < 4.78 is 13.3. The smallest absolute Gasteiger partial charge is 0.326 e. The van der Waals surface area contributed by atoms with E-state index in [1.54, 1.807) is 6.92 Å². The van der Waals surface area contributed by atoms with E-state index in [1.807, 2.05) is 0 Å². The molecule has 4 nitrogen and oxygen atoms in total. The van der Waals surface area contributed by atoms with E-state index in [4.69, 9.17) is 28.3 Å². The van der Waals surface area contributed by atoms with Gasteiger partial charge >= 0.3 is 5.97 Å². The van der Waals surface area contributed by atoms with Crippen LogP contribution in [0.2, 0.25) is 10.0 Å². The minimum absolute atomic E-state index is 0.0375. The summed E-state index contributed by atoms with van der Waals surface area (Å²) in [4.78, 5) is 22.8. The molecule has 1 aromatic rings. The minimum Gasteiger partial charge on any atom is -0.480 e. The number of benzene rings is 1. The van der Waals surface area contributed by atoms with E-state index in [0.29, 0.717) is 6.42 Å². The van der Waals surface area contributed by atoms with E-state index in [1.165, 1.54) is 0 Å². The van der Waals surface area contributed by atoms with Crippen LogP contribution in [0.15, 0.2) is 12.1 Å². The van der Waals surface area contributed by atoms with Crippen LogP contribution >= 0.6 is 23.2 Å². The molecular weight excluding hydrogens is 296 g/mol. The highest BCUT2D eigenvalue weighted by molar-refractivity contribution is 6.36. The van der Waals surface area contributed by atoms with Gasteiger partial charge in [0.05, 0.1) is 15.6 Å². The molecule has 0 aliphatic heterocycles. The van der Waals surface area contributed by atoms with E-state index in [-0.39, 0.29) is 22.0 Å². The molecule has 1 aromatic carbocycles. The van der Waals surface area contributed by atoms with Crippen molar-refractivity contribution >= 4 is 35.1 Å². The van der Waals surface area contributed by atoms with Crippen LogP contribution in [-0.4, -0.2) is 23.0 Å². The van der Waals surface area contributed by atoms with Crippen LogP contribution in [0.25, 0.3) is 0 Å². The zero-order valence-corrected chi connectivity index (χ0v) is 11.6. The van der Waals surface area contributed by atoms with E-state index in [2.05, 4.69) is 5.32 Å². The van der Waals surface area contributed by atoms with Gasteiger partial charge in [-0.25, -0.2) is 9.18 Å². The Morgan fingerprint density at radius 1 is 1.37 bits per heavy atom. The Hall–Kier alpha value is -1.33. The second kappa shape index (κ2) is 6.73. The van der Waals surface area contributed by atoms with Crippen molar-refractivity contribution in [2.45, 2.75) is 25.8 Å². The first-order chi connectivity index (χ1) is 8.86. The van der Waals surface area contributed by atoms with Crippen LogP contribution in [-0.2, 0) is 4.79 Å². The number of carboxylic acid groups (broad SMARTS) is 1. The third-order valence-electron chi connectivity index (χ3n) is 2.44. The Bertz CT molecular complexity index is 508. The van der Waals surface area contributed by atoms with Crippen molar-refractivity contribution in [3.63, 3.8) is 0 Å². The van der Waals surface area contributed by atoms with Crippen LogP contribution in [0.3, 0.4) is 0 Å². The normalized spacial score (nSPS) is 12.0. The van der Waals surface area contributed by atoms with Crippen molar-refractivity contribution in [1.82, 2.24) is 5.32 Å². The van der Waals surface area contributed by atoms with Crippen LogP contribution in [0, 0.1) is 5.82 Å². The van der Waals surface area contributed by atoms with Gasteiger partial charge in [-0.15, -0.1) is 0 Å². The molecule has 104 valence electrons. The van der Waals surface area contributed by atoms with E-state index < -0.39 is 23.7 Å². The lowest BCUT2D eigenvalue weighted by molar-refractivity contribution is -0.139. The van der Waals surface area contributed by atoms with Crippen LogP contribution in [0.4, 0.5) is 4.39 Å².